The van der Waals surface area contributed by atoms with Gasteiger partial charge in [-0.15, -0.1) is 0 Å². The molecule has 0 aliphatic rings. The predicted octanol–water partition coefficient (Wildman–Crippen LogP) is 15.9. The monoisotopic (exact) mass is 793 g/mol. The quantitative estimate of drug-likeness (QED) is 0.0347. The topological polar surface area (TPSA) is 78.9 Å². The normalized spacial score (nSPS) is 11.9. The zero-order valence-electron chi connectivity index (χ0n) is 38.1. The van der Waals surface area contributed by atoms with Crippen molar-refractivity contribution in [3.05, 3.63) is 0 Å². The van der Waals surface area contributed by atoms with Gasteiger partial charge in [0.05, 0.1) is 0 Å². The Balaban J connectivity index is 4.29. The van der Waals surface area contributed by atoms with Gasteiger partial charge in [-0.3, -0.25) is 14.4 Å². The number of carbonyl (C=O) groups is 3. The van der Waals surface area contributed by atoms with E-state index in [1.807, 2.05) is 0 Å². The highest BCUT2D eigenvalue weighted by Gasteiger charge is 2.19. The van der Waals surface area contributed by atoms with Crippen molar-refractivity contribution in [1.29, 1.82) is 0 Å². The highest BCUT2D eigenvalue weighted by molar-refractivity contribution is 5.71. The van der Waals surface area contributed by atoms with E-state index in [0.29, 0.717) is 19.3 Å². The summed E-state index contributed by atoms with van der Waals surface area (Å²) in [5.74, 6) is -0.0410. The molecule has 1 atom stereocenters. The van der Waals surface area contributed by atoms with Gasteiger partial charge in [-0.2, -0.15) is 0 Å². The highest BCUT2D eigenvalue weighted by atomic mass is 16.6. The van der Waals surface area contributed by atoms with Gasteiger partial charge in [0.15, 0.2) is 6.10 Å². The van der Waals surface area contributed by atoms with Gasteiger partial charge in [-0.25, -0.2) is 0 Å². The van der Waals surface area contributed by atoms with Crippen molar-refractivity contribution in [2.24, 2.45) is 5.92 Å². The molecule has 0 aromatic carbocycles. The number of carbonyl (C=O) groups excluding carboxylic acids is 3. The lowest BCUT2D eigenvalue weighted by molar-refractivity contribution is -0.167. The number of esters is 3. The third-order valence-corrected chi connectivity index (χ3v) is 11.3. The Morgan fingerprint density at radius 1 is 0.339 bits per heavy atom. The van der Waals surface area contributed by atoms with Crippen LogP contribution in [-0.2, 0) is 28.6 Å². The molecule has 0 aromatic rings. The summed E-state index contributed by atoms with van der Waals surface area (Å²) in [5, 5.41) is 0. The second-order valence-corrected chi connectivity index (χ2v) is 17.6. The molecule has 0 aliphatic carbocycles. The molecule has 0 bridgehead atoms. The van der Waals surface area contributed by atoms with Crippen LogP contribution in [0.25, 0.3) is 0 Å². The smallest absolute Gasteiger partial charge is 0.306 e. The minimum absolute atomic E-state index is 0.0635. The molecular weight excluding hydrogens is 697 g/mol. The van der Waals surface area contributed by atoms with E-state index in [4.69, 9.17) is 14.2 Å². The summed E-state index contributed by atoms with van der Waals surface area (Å²) in [6, 6.07) is 0. The van der Waals surface area contributed by atoms with Crippen LogP contribution < -0.4 is 0 Å². The van der Waals surface area contributed by atoms with Gasteiger partial charge in [0.1, 0.15) is 13.2 Å². The molecule has 0 aromatic heterocycles. The lowest BCUT2D eigenvalue weighted by Gasteiger charge is -2.18. The molecule has 0 spiro atoms. The average molecular weight is 793 g/mol. The van der Waals surface area contributed by atoms with Crippen LogP contribution in [0.3, 0.4) is 0 Å². The van der Waals surface area contributed by atoms with Gasteiger partial charge in [0.25, 0.3) is 0 Å². The molecular formula is C50H96O6. The molecule has 0 aliphatic heterocycles. The zero-order valence-corrected chi connectivity index (χ0v) is 38.1. The lowest BCUT2D eigenvalue weighted by atomic mass is 10.0. The predicted molar refractivity (Wildman–Crippen MR) is 238 cm³/mol. The Bertz CT molecular complexity index is 841. The van der Waals surface area contributed by atoms with E-state index in [9.17, 15) is 14.4 Å². The van der Waals surface area contributed by atoms with E-state index in [2.05, 4.69) is 27.7 Å². The van der Waals surface area contributed by atoms with Crippen molar-refractivity contribution in [3.63, 3.8) is 0 Å². The number of unbranched alkanes of at least 4 members (excludes halogenated alkanes) is 32. The maximum absolute atomic E-state index is 12.8. The molecule has 0 unspecified atom stereocenters. The van der Waals surface area contributed by atoms with Crippen molar-refractivity contribution in [1.82, 2.24) is 0 Å². The standard InChI is InChI=1S/C50H96O6/c1-5-7-9-11-13-15-17-18-19-20-21-22-26-31-35-39-43-50(53)56-47(44-54-48(51)41-37-33-29-25-16-14-12-10-8-6-2)45-55-49(52)42-38-34-30-27-23-24-28-32-36-40-46(3)4/h46-47H,5-45H2,1-4H3/t47-/m1/s1. The van der Waals surface area contributed by atoms with Crippen LogP contribution in [-0.4, -0.2) is 37.2 Å². The van der Waals surface area contributed by atoms with E-state index in [1.165, 1.54) is 173 Å². The van der Waals surface area contributed by atoms with E-state index >= 15 is 0 Å². The maximum Gasteiger partial charge on any atom is 0.306 e. The van der Waals surface area contributed by atoms with E-state index < -0.39 is 6.10 Å². The molecule has 332 valence electrons. The summed E-state index contributed by atoms with van der Waals surface area (Å²) in [5.41, 5.74) is 0. The summed E-state index contributed by atoms with van der Waals surface area (Å²) in [4.78, 5) is 37.8. The molecule has 0 rings (SSSR count). The van der Waals surface area contributed by atoms with Crippen molar-refractivity contribution in [3.8, 4) is 0 Å². The van der Waals surface area contributed by atoms with Crippen LogP contribution in [0.4, 0.5) is 0 Å². The van der Waals surface area contributed by atoms with Crippen molar-refractivity contribution >= 4 is 17.9 Å². The first-order valence-corrected chi connectivity index (χ1v) is 24.9. The molecule has 0 fully saturated rings. The molecule has 0 amide bonds. The van der Waals surface area contributed by atoms with Gasteiger partial charge in [-0.1, -0.05) is 240 Å². The maximum atomic E-state index is 12.8. The second kappa shape index (κ2) is 44.5. The molecule has 6 nitrogen and oxygen atoms in total. The summed E-state index contributed by atoms with van der Waals surface area (Å²) < 4.78 is 16.8. The van der Waals surface area contributed by atoms with Crippen molar-refractivity contribution in [2.75, 3.05) is 13.2 Å². The summed E-state index contributed by atoms with van der Waals surface area (Å²) in [6.07, 6.45) is 45.2. The Morgan fingerprint density at radius 2 is 0.589 bits per heavy atom. The lowest BCUT2D eigenvalue weighted by Crippen LogP contribution is -2.30. The minimum Gasteiger partial charge on any atom is -0.462 e. The van der Waals surface area contributed by atoms with Crippen molar-refractivity contribution < 1.29 is 28.6 Å². The fourth-order valence-electron chi connectivity index (χ4n) is 7.51. The van der Waals surface area contributed by atoms with E-state index in [0.717, 1.165) is 63.7 Å². The summed E-state index contributed by atoms with van der Waals surface area (Å²) in [6.45, 7) is 8.99. The van der Waals surface area contributed by atoms with Gasteiger partial charge in [-0.05, 0) is 25.2 Å². The minimum atomic E-state index is -0.760. The first-order valence-electron chi connectivity index (χ1n) is 24.9. The van der Waals surface area contributed by atoms with Crippen LogP contribution in [0, 0.1) is 5.92 Å². The Hall–Kier alpha value is -1.59. The van der Waals surface area contributed by atoms with E-state index in [1.54, 1.807) is 0 Å². The number of rotatable bonds is 45. The zero-order chi connectivity index (χ0) is 41.0. The van der Waals surface area contributed by atoms with Gasteiger partial charge < -0.3 is 14.2 Å². The first-order chi connectivity index (χ1) is 27.4. The second-order valence-electron chi connectivity index (χ2n) is 17.6. The first kappa shape index (κ1) is 54.4. The van der Waals surface area contributed by atoms with Gasteiger partial charge >= 0.3 is 17.9 Å². The third-order valence-electron chi connectivity index (χ3n) is 11.3. The highest BCUT2D eigenvalue weighted by Crippen LogP contribution is 2.17. The molecule has 6 heteroatoms. The third kappa shape index (κ3) is 43.5. The van der Waals surface area contributed by atoms with Crippen LogP contribution in [0.2, 0.25) is 0 Å². The molecule has 0 radical (unpaired) electrons. The van der Waals surface area contributed by atoms with Crippen LogP contribution in [0.15, 0.2) is 0 Å². The SMILES string of the molecule is CCCCCCCCCCCCCCCCCCC(=O)O[C@H](COC(=O)CCCCCCCCCCCC)COC(=O)CCCCCCCCCCCC(C)C. The Kier molecular flexibility index (Phi) is 43.2. The Labute approximate surface area is 348 Å². The fourth-order valence-corrected chi connectivity index (χ4v) is 7.51. The largest absolute Gasteiger partial charge is 0.462 e. The summed E-state index contributed by atoms with van der Waals surface area (Å²) >= 11 is 0. The van der Waals surface area contributed by atoms with Crippen molar-refractivity contribution in [2.45, 2.75) is 284 Å². The number of hydrogen-bond acceptors (Lipinski definition) is 6. The summed E-state index contributed by atoms with van der Waals surface area (Å²) in [7, 11) is 0. The van der Waals surface area contributed by atoms with Gasteiger partial charge in [0, 0.05) is 19.3 Å². The fraction of sp³-hybridized carbons (Fsp3) is 0.940. The molecule has 0 saturated heterocycles. The van der Waals surface area contributed by atoms with Crippen LogP contribution >= 0.6 is 0 Å². The molecule has 0 N–H and O–H groups in total. The Morgan fingerprint density at radius 3 is 0.875 bits per heavy atom. The molecule has 0 heterocycles. The van der Waals surface area contributed by atoms with E-state index in [-0.39, 0.29) is 31.1 Å². The van der Waals surface area contributed by atoms with Crippen LogP contribution in [0.5, 0.6) is 0 Å². The molecule has 56 heavy (non-hydrogen) atoms. The average Bonchev–Trinajstić information content (AvgIpc) is 3.18. The van der Waals surface area contributed by atoms with Crippen LogP contribution in [0.1, 0.15) is 278 Å². The number of ether oxygens (including phenoxy) is 3. The number of hydrogen-bond donors (Lipinski definition) is 0. The van der Waals surface area contributed by atoms with Gasteiger partial charge in [0.2, 0.25) is 0 Å². The molecule has 0 saturated carbocycles.